The van der Waals surface area contributed by atoms with E-state index in [1.54, 1.807) is 0 Å². The second-order valence-corrected chi connectivity index (χ2v) is 7.31. The molecule has 1 aromatic rings. The van der Waals surface area contributed by atoms with Crippen LogP contribution in [0.25, 0.3) is 0 Å². The predicted octanol–water partition coefficient (Wildman–Crippen LogP) is 1.24. The molecule has 1 aliphatic rings. The Hall–Kier alpha value is -1.71. The molecule has 1 aromatic carbocycles. The standard InChI is InChI=1S/C15H20FNO6S/c1-22-14-3-2-11(8-13(14)16)24(20,21)17-9-12(15(18)19)10-4-6-23-7-5-10/h2-3,8,10,12,17H,4-7,9H2,1H3,(H,18,19). The minimum absolute atomic E-state index is 0.0698. The fraction of sp³-hybridized carbons (Fsp3) is 0.533. The third-order valence-electron chi connectivity index (χ3n) is 4.08. The second kappa shape index (κ2) is 7.91. The number of sulfonamides is 1. The summed E-state index contributed by atoms with van der Waals surface area (Å²) in [6, 6.07) is 3.25. The monoisotopic (exact) mass is 361 g/mol. The maximum absolute atomic E-state index is 13.7. The van der Waals surface area contributed by atoms with Crippen LogP contribution < -0.4 is 9.46 Å². The smallest absolute Gasteiger partial charge is 0.308 e. The number of benzene rings is 1. The summed E-state index contributed by atoms with van der Waals surface area (Å²) in [4.78, 5) is 11.2. The number of carboxylic acid groups (broad SMARTS) is 1. The molecular formula is C15H20FNO6S. The molecular weight excluding hydrogens is 341 g/mol. The number of ether oxygens (including phenoxy) is 2. The van der Waals surface area contributed by atoms with Crippen molar-refractivity contribution in [1.82, 2.24) is 4.72 Å². The number of hydrogen-bond acceptors (Lipinski definition) is 5. The van der Waals surface area contributed by atoms with Gasteiger partial charge in [-0.25, -0.2) is 17.5 Å². The van der Waals surface area contributed by atoms with E-state index in [0.29, 0.717) is 26.1 Å². The van der Waals surface area contributed by atoms with Crippen LogP contribution in [-0.2, 0) is 19.6 Å². The average Bonchev–Trinajstić information content (AvgIpc) is 2.55. The molecule has 2 N–H and O–H groups in total. The van der Waals surface area contributed by atoms with Crippen molar-refractivity contribution >= 4 is 16.0 Å². The summed E-state index contributed by atoms with van der Waals surface area (Å²) in [5.41, 5.74) is 0. The lowest BCUT2D eigenvalue weighted by Gasteiger charge is -2.27. The van der Waals surface area contributed by atoms with Crippen molar-refractivity contribution in [1.29, 1.82) is 0 Å². The molecule has 0 aromatic heterocycles. The Morgan fingerprint density at radius 2 is 2.12 bits per heavy atom. The Bertz CT molecular complexity index is 687. The molecule has 1 heterocycles. The summed E-state index contributed by atoms with van der Waals surface area (Å²) < 4.78 is 50.4. The van der Waals surface area contributed by atoms with Gasteiger partial charge in [0.1, 0.15) is 0 Å². The number of carbonyl (C=O) groups is 1. The van der Waals surface area contributed by atoms with Crippen LogP contribution in [0.1, 0.15) is 12.8 Å². The highest BCUT2D eigenvalue weighted by Gasteiger charge is 2.31. The molecule has 1 fully saturated rings. The van der Waals surface area contributed by atoms with Gasteiger partial charge in [-0.15, -0.1) is 0 Å². The number of methoxy groups -OCH3 is 1. The lowest BCUT2D eigenvalue weighted by atomic mass is 9.86. The molecule has 24 heavy (non-hydrogen) atoms. The fourth-order valence-electron chi connectivity index (χ4n) is 2.67. The topological polar surface area (TPSA) is 102 Å². The number of carboxylic acids is 1. The van der Waals surface area contributed by atoms with Crippen LogP contribution in [0.3, 0.4) is 0 Å². The Labute approximate surface area is 139 Å². The number of nitrogens with one attached hydrogen (secondary N) is 1. The van der Waals surface area contributed by atoms with Crippen LogP contribution in [0.15, 0.2) is 23.1 Å². The third-order valence-corrected chi connectivity index (χ3v) is 5.50. The first-order chi connectivity index (χ1) is 11.3. The zero-order valence-corrected chi connectivity index (χ0v) is 14.0. The highest BCUT2D eigenvalue weighted by Crippen LogP contribution is 2.25. The Morgan fingerprint density at radius 1 is 1.46 bits per heavy atom. The quantitative estimate of drug-likeness (QED) is 0.758. The van der Waals surface area contributed by atoms with Crippen LogP contribution in [0.5, 0.6) is 5.75 Å². The van der Waals surface area contributed by atoms with Gasteiger partial charge in [-0.3, -0.25) is 4.79 Å². The molecule has 0 aliphatic carbocycles. The summed E-state index contributed by atoms with van der Waals surface area (Å²) in [5, 5.41) is 9.35. The number of hydrogen-bond donors (Lipinski definition) is 2. The molecule has 0 amide bonds. The first kappa shape index (κ1) is 18.6. The molecule has 7 nitrogen and oxygen atoms in total. The van der Waals surface area contributed by atoms with E-state index in [4.69, 9.17) is 9.47 Å². The third kappa shape index (κ3) is 4.43. The van der Waals surface area contributed by atoms with E-state index in [-0.39, 0.29) is 23.1 Å². The minimum atomic E-state index is -4.02. The van der Waals surface area contributed by atoms with Crippen molar-refractivity contribution in [2.45, 2.75) is 17.7 Å². The first-order valence-electron chi connectivity index (χ1n) is 7.49. The van der Waals surface area contributed by atoms with Crippen LogP contribution >= 0.6 is 0 Å². The van der Waals surface area contributed by atoms with Crippen LogP contribution in [0.4, 0.5) is 4.39 Å². The zero-order valence-electron chi connectivity index (χ0n) is 13.2. The SMILES string of the molecule is COc1ccc(S(=O)(=O)NCC(C(=O)O)C2CCOCC2)cc1F. The lowest BCUT2D eigenvalue weighted by molar-refractivity contribution is -0.144. The first-order valence-corrected chi connectivity index (χ1v) is 8.97. The largest absolute Gasteiger partial charge is 0.494 e. The van der Waals surface area contributed by atoms with Gasteiger partial charge >= 0.3 is 5.97 Å². The van der Waals surface area contributed by atoms with E-state index in [0.717, 1.165) is 6.07 Å². The van der Waals surface area contributed by atoms with Crippen LogP contribution in [0, 0.1) is 17.7 Å². The maximum Gasteiger partial charge on any atom is 0.308 e. The Balaban J connectivity index is 2.09. The Morgan fingerprint density at radius 3 is 2.67 bits per heavy atom. The summed E-state index contributed by atoms with van der Waals surface area (Å²) in [6.07, 6.45) is 1.13. The molecule has 2 rings (SSSR count). The summed E-state index contributed by atoms with van der Waals surface area (Å²) in [5.74, 6) is -2.96. The zero-order chi connectivity index (χ0) is 17.7. The molecule has 1 saturated heterocycles. The highest BCUT2D eigenvalue weighted by molar-refractivity contribution is 7.89. The predicted molar refractivity (Wildman–Crippen MR) is 82.8 cm³/mol. The van der Waals surface area contributed by atoms with Crippen molar-refractivity contribution in [2.24, 2.45) is 11.8 Å². The van der Waals surface area contributed by atoms with Crippen molar-refractivity contribution in [3.8, 4) is 5.75 Å². The molecule has 1 aliphatic heterocycles. The molecule has 1 atom stereocenters. The maximum atomic E-state index is 13.7. The highest BCUT2D eigenvalue weighted by atomic mass is 32.2. The van der Waals surface area contributed by atoms with E-state index in [1.165, 1.54) is 19.2 Å². The minimum Gasteiger partial charge on any atom is -0.494 e. The van der Waals surface area contributed by atoms with Crippen molar-refractivity contribution in [3.63, 3.8) is 0 Å². The van der Waals surface area contributed by atoms with Crippen LogP contribution in [0.2, 0.25) is 0 Å². The van der Waals surface area contributed by atoms with Gasteiger partial charge in [0.2, 0.25) is 10.0 Å². The van der Waals surface area contributed by atoms with Crippen molar-refractivity contribution in [2.75, 3.05) is 26.9 Å². The summed E-state index contributed by atoms with van der Waals surface area (Å²) >= 11 is 0. The van der Waals surface area contributed by atoms with Gasteiger partial charge in [-0.2, -0.15) is 0 Å². The summed E-state index contributed by atoms with van der Waals surface area (Å²) in [6.45, 7) is 0.672. The normalized spacial score (nSPS) is 17.4. The second-order valence-electron chi connectivity index (χ2n) is 5.54. The lowest BCUT2D eigenvalue weighted by Crippen LogP contribution is -2.38. The molecule has 1 unspecified atom stereocenters. The summed E-state index contributed by atoms with van der Waals surface area (Å²) in [7, 11) is -2.74. The van der Waals surface area contributed by atoms with Gasteiger partial charge in [0.15, 0.2) is 11.6 Å². The van der Waals surface area contributed by atoms with E-state index in [2.05, 4.69) is 4.72 Å². The van der Waals surface area contributed by atoms with Gasteiger partial charge in [0.25, 0.3) is 0 Å². The van der Waals surface area contributed by atoms with E-state index < -0.39 is 27.7 Å². The van der Waals surface area contributed by atoms with E-state index in [9.17, 15) is 22.7 Å². The molecule has 134 valence electrons. The van der Waals surface area contributed by atoms with Crippen LogP contribution in [-0.4, -0.2) is 46.4 Å². The number of halogens is 1. The number of rotatable bonds is 7. The van der Waals surface area contributed by atoms with Crippen molar-refractivity contribution < 1.29 is 32.2 Å². The van der Waals surface area contributed by atoms with E-state index >= 15 is 0 Å². The van der Waals surface area contributed by atoms with Gasteiger partial charge in [0.05, 0.1) is 17.9 Å². The molecule has 9 heteroatoms. The molecule has 0 spiro atoms. The average molecular weight is 361 g/mol. The van der Waals surface area contributed by atoms with Gasteiger partial charge in [0, 0.05) is 19.8 Å². The van der Waals surface area contributed by atoms with Gasteiger partial charge < -0.3 is 14.6 Å². The Kier molecular flexibility index (Phi) is 6.14. The fourth-order valence-corrected chi connectivity index (χ4v) is 3.74. The number of aliphatic carboxylic acids is 1. The van der Waals surface area contributed by atoms with E-state index in [1.807, 2.05) is 0 Å². The molecule has 0 radical (unpaired) electrons. The van der Waals surface area contributed by atoms with Gasteiger partial charge in [-0.1, -0.05) is 0 Å². The molecule has 0 saturated carbocycles. The van der Waals surface area contributed by atoms with Gasteiger partial charge in [-0.05, 0) is 37.0 Å². The molecule has 0 bridgehead atoms. The van der Waals surface area contributed by atoms with Crippen molar-refractivity contribution in [3.05, 3.63) is 24.0 Å².